The molecule has 0 aliphatic carbocycles. The smallest absolute Gasteiger partial charge is 0.123 e. The lowest BCUT2D eigenvalue weighted by Crippen LogP contribution is -2.22. The van der Waals surface area contributed by atoms with Crippen LogP contribution in [0.1, 0.15) is 37.0 Å². The number of rotatable bonds is 6. The highest BCUT2D eigenvalue weighted by atomic mass is 16.5. The highest BCUT2D eigenvalue weighted by molar-refractivity contribution is 5.42. The molecular formula is C15H25NO. The molecule has 1 atom stereocenters. The van der Waals surface area contributed by atoms with E-state index in [1.165, 1.54) is 16.7 Å². The molecule has 0 aromatic heterocycles. The van der Waals surface area contributed by atoms with Crippen molar-refractivity contribution in [3.63, 3.8) is 0 Å². The Morgan fingerprint density at radius 2 is 1.94 bits per heavy atom. The van der Waals surface area contributed by atoms with Crippen LogP contribution >= 0.6 is 0 Å². The monoisotopic (exact) mass is 235 g/mol. The lowest BCUT2D eigenvalue weighted by atomic mass is 10.1. The molecule has 0 aliphatic rings. The van der Waals surface area contributed by atoms with Crippen LogP contribution in [-0.2, 0) is 0 Å². The SMILES string of the molecule is CCNCCC(C)Oc1cc(C)cc(C)c1C. The fraction of sp³-hybridized carbons (Fsp3) is 0.600. The first-order chi connectivity index (χ1) is 8.04. The van der Waals surface area contributed by atoms with E-state index in [4.69, 9.17) is 4.74 Å². The van der Waals surface area contributed by atoms with Crippen LogP contribution in [-0.4, -0.2) is 19.2 Å². The maximum Gasteiger partial charge on any atom is 0.123 e. The van der Waals surface area contributed by atoms with Gasteiger partial charge < -0.3 is 10.1 Å². The molecular weight excluding hydrogens is 210 g/mol. The first-order valence-corrected chi connectivity index (χ1v) is 6.49. The Balaban J connectivity index is 2.61. The maximum atomic E-state index is 6.01. The standard InChI is InChI=1S/C15H25NO/c1-6-16-8-7-13(4)17-15-10-11(2)9-12(3)14(15)5/h9-10,13,16H,6-8H2,1-5H3. The van der Waals surface area contributed by atoms with E-state index in [2.05, 4.69) is 52.1 Å². The Morgan fingerprint density at radius 3 is 2.59 bits per heavy atom. The summed E-state index contributed by atoms with van der Waals surface area (Å²) in [7, 11) is 0. The molecule has 96 valence electrons. The minimum Gasteiger partial charge on any atom is -0.490 e. The zero-order valence-electron chi connectivity index (χ0n) is 11.8. The summed E-state index contributed by atoms with van der Waals surface area (Å²) in [6.45, 7) is 12.7. The zero-order chi connectivity index (χ0) is 12.8. The Labute approximate surface area is 105 Å². The summed E-state index contributed by atoms with van der Waals surface area (Å²) < 4.78 is 6.01. The van der Waals surface area contributed by atoms with Crippen molar-refractivity contribution in [3.05, 3.63) is 28.8 Å². The summed E-state index contributed by atoms with van der Waals surface area (Å²) in [5.41, 5.74) is 3.83. The Morgan fingerprint density at radius 1 is 1.24 bits per heavy atom. The molecule has 1 aromatic carbocycles. The molecule has 0 fully saturated rings. The molecule has 0 aliphatic heterocycles. The van der Waals surface area contributed by atoms with Crippen molar-refractivity contribution >= 4 is 0 Å². The summed E-state index contributed by atoms with van der Waals surface area (Å²) in [6.07, 6.45) is 1.30. The summed E-state index contributed by atoms with van der Waals surface area (Å²) in [4.78, 5) is 0. The summed E-state index contributed by atoms with van der Waals surface area (Å²) in [5.74, 6) is 1.03. The second-order valence-corrected chi connectivity index (χ2v) is 4.78. The van der Waals surface area contributed by atoms with Gasteiger partial charge >= 0.3 is 0 Å². The summed E-state index contributed by atoms with van der Waals surface area (Å²) in [6, 6.07) is 4.33. The molecule has 0 heterocycles. The first kappa shape index (κ1) is 14.0. The van der Waals surface area contributed by atoms with E-state index < -0.39 is 0 Å². The normalized spacial score (nSPS) is 12.5. The number of benzene rings is 1. The van der Waals surface area contributed by atoms with Crippen LogP contribution < -0.4 is 10.1 Å². The van der Waals surface area contributed by atoms with Gasteiger partial charge in [0.15, 0.2) is 0 Å². The van der Waals surface area contributed by atoms with Crippen LogP contribution in [0.2, 0.25) is 0 Å². The first-order valence-electron chi connectivity index (χ1n) is 6.49. The molecule has 0 saturated heterocycles. The predicted molar refractivity (Wildman–Crippen MR) is 73.9 cm³/mol. The van der Waals surface area contributed by atoms with Crippen molar-refractivity contribution in [1.82, 2.24) is 5.32 Å². The number of hydrogen-bond acceptors (Lipinski definition) is 2. The predicted octanol–water partition coefficient (Wildman–Crippen LogP) is 3.38. The minimum absolute atomic E-state index is 0.258. The molecule has 0 bridgehead atoms. The van der Waals surface area contributed by atoms with Gasteiger partial charge in [0.1, 0.15) is 5.75 Å². The average molecular weight is 235 g/mol. The van der Waals surface area contributed by atoms with Crippen LogP contribution in [0.5, 0.6) is 5.75 Å². The van der Waals surface area contributed by atoms with Gasteiger partial charge in [-0.3, -0.25) is 0 Å². The van der Waals surface area contributed by atoms with Gasteiger partial charge in [-0.25, -0.2) is 0 Å². The maximum absolute atomic E-state index is 6.01. The Bertz CT molecular complexity index is 360. The van der Waals surface area contributed by atoms with E-state index in [1.54, 1.807) is 0 Å². The molecule has 2 nitrogen and oxygen atoms in total. The Kier molecular flexibility index (Phi) is 5.49. The van der Waals surface area contributed by atoms with Gasteiger partial charge in [-0.15, -0.1) is 0 Å². The van der Waals surface area contributed by atoms with Crippen LogP contribution in [0, 0.1) is 20.8 Å². The van der Waals surface area contributed by atoms with E-state index in [-0.39, 0.29) is 6.10 Å². The quantitative estimate of drug-likeness (QED) is 0.763. The second-order valence-electron chi connectivity index (χ2n) is 4.78. The molecule has 1 N–H and O–H groups in total. The van der Waals surface area contributed by atoms with Gasteiger partial charge in [0, 0.05) is 0 Å². The fourth-order valence-electron chi connectivity index (χ4n) is 1.88. The van der Waals surface area contributed by atoms with E-state index >= 15 is 0 Å². The molecule has 1 aromatic rings. The fourth-order valence-corrected chi connectivity index (χ4v) is 1.88. The van der Waals surface area contributed by atoms with Gasteiger partial charge in [0.05, 0.1) is 6.10 Å². The number of nitrogens with one attached hydrogen (secondary N) is 1. The van der Waals surface area contributed by atoms with Gasteiger partial charge in [0.2, 0.25) is 0 Å². The summed E-state index contributed by atoms with van der Waals surface area (Å²) in [5, 5.41) is 3.32. The minimum atomic E-state index is 0.258. The third kappa shape index (κ3) is 4.39. The van der Waals surface area contributed by atoms with Crippen molar-refractivity contribution in [2.24, 2.45) is 0 Å². The highest BCUT2D eigenvalue weighted by Gasteiger charge is 2.08. The number of aryl methyl sites for hydroxylation is 2. The number of ether oxygens (including phenoxy) is 1. The van der Waals surface area contributed by atoms with Gasteiger partial charge in [-0.05, 0) is 70.0 Å². The third-order valence-electron chi connectivity index (χ3n) is 3.07. The zero-order valence-corrected chi connectivity index (χ0v) is 11.8. The van der Waals surface area contributed by atoms with Gasteiger partial charge in [-0.1, -0.05) is 13.0 Å². The largest absolute Gasteiger partial charge is 0.490 e. The van der Waals surface area contributed by atoms with E-state index in [9.17, 15) is 0 Å². The van der Waals surface area contributed by atoms with E-state index in [0.717, 1.165) is 25.3 Å². The molecule has 0 radical (unpaired) electrons. The second kappa shape index (κ2) is 6.65. The van der Waals surface area contributed by atoms with Crippen molar-refractivity contribution < 1.29 is 4.74 Å². The lowest BCUT2D eigenvalue weighted by Gasteiger charge is -2.18. The lowest BCUT2D eigenvalue weighted by molar-refractivity contribution is 0.208. The van der Waals surface area contributed by atoms with Crippen molar-refractivity contribution in [1.29, 1.82) is 0 Å². The molecule has 2 heteroatoms. The van der Waals surface area contributed by atoms with Crippen LogP contribution in [0.15, 0.2) is 12.1 Å². The van der Waals surface area contributed by atoms with Crippen molar-refractivity contribution in [2.75, 3.05) is 13.1 Å². The van der Waals surface area contributed by atoms with Gasteiger partial charge in [0.25, 0.3) is 0 Å². The molecule has 0 spiro atoms. The molecule has 0 amide bonds. The Hall–Kier alpha value is -1.02. The van der Waals surface area contributed by atoms with Crippen molar-refractivity contribution in [2.45, 2.75) is 47.1 Å². The third-order valence-corrected chi connectivity index (χ3v) is 3.07. The van der Waals surface area contributed by atoms with Crippen LogP contribution in [0.25, 0.3) is 0 Å². The molecule has 0 saturated carbocycles. The van der Waals surface area contributed by atoms with E-state index in [1.807, 2.05) is 0 Å². The van der Waals surface area contributed by atoms with Crippen molar-refractivity contribution in [3.8, 4) is 5.75 Å². The summed E-state index contributed by atoms with van der Waals surface area (Å²) >= 11 is 0. The number of hydrogen-bond donors (Lipinski definition) is 1. The molecule has 1 rings (SSSR count). The highest BCUT2D eigenvalue weighted by Crippen LogP contribution is 2.24. The van der Waals surface area contributed by atoms with Gasteiger partial charge in [-0.2, -0.15) is 0 Å². The van der Waals surface area contributed by atoms with E-state index in [0.29, 0.717) is 0 Å². The van der Waals surface area contributed by atoms with Crippen LogP contribution in [0.4, 0.5) is 0 Å². The topological polar surface area (TPSA) is 21.3 Å². The molecule has 17 heavy (non-hydrogen) atoms. The molecule has 1 unspecified atom stereocenters. The average Bonchev–Trinajstić information content (AvgIpc) is 2.25. The van der Waals surface area contributed by atoms with Crippen LogP contribution in [0.3, 0.4) is 0 Å².